The maximum absolute atomic E-state index is 11.9. The number of carbonyl (C=O) groups excluding carboxylic acids is 1. The molecule has 1 aliphatic rings. The fourth-order valence-corrected chi connectivity index (χ4v) is 1.97. The van der Waals surface area contributed by atoms with Gasteiger partial charge in [-0.2, -0.15) is 0 Å². The van der Waals surface area contributed by atoms with Gasteiger partial charge in [-0.05, 0) is 25.7 Å². The first kappa shape index (κ1) is 11.5. The molecule has 0 aromatic rings. The zero-order chi connectivity index (χ0) is 10.8. The second-order valence-corrected chi connectivity index (χ2v) is 5.02. The molecule has 14 heavy (non-hydrogen) atoms. The molecule has 1 saturated carbocycles. The van der Waals surface area contributed by atoms with E-state index in [2.05, 4.69) is 19.2 Å². The molecule has 3 nitrogen and oxygen atoms in total. The Morgan fingerprint density at radius 2 is 2.29 bits per heavy atom. The average molecular weight is 198 g/mol. The van der Waals surface area contributed by atoms with Crippen LogP contribution in [0.3, 0.4) is 0 Å². The molecule has 0 aromatic carbocycles. The summed E-state index contributed by atoms with van der Waals surface area (Å²) in [6, 6.07) is 0.0367. The Hall–Kier alpha value is -0.570. The molecule has 0 aromatic heterocycles. The lowest BCUT2D eigenvalue weighted by Gasteiger charge is -2.27. The minimum atomic E-state index is -0.325. The maximum Gasteiger partial charge on any atom is 0.227 e. The van der Waals surface area contributed by atoms with Gasteiger partial charge in [0.05, 0.1) is 5.41 Å². The Balaban J connectivity index is 2.50. The van der Waals surface area contributed by atoms with Crippen molar-refractivity contribution in [2.75, 3.05) is 6.54 Å². The molecule has 3 N–H and O–H groups in total. The molecule has 0 aliphatic heterocycles. The van der Waals surface area contributed by atoms with Crippen LogP contribution in [0.1, 0.15) is 40.0 Å². The quantitative estimate of drug-likeness (QED) is 0.717. The van der Waals surface area contributed by atoms with Crippen LogP contribution in [0.5, 0.6) is 0 Å². The first-order valence-corrected chi connectivity index (χ1v) is 5.50. The predicted molar refractivity (Wildman–Crippen MR) is 57.8 cm³/mol. The van der Waals surface area contributed by atoms with Crippen molar-refractivity contribution in [3.05, 3.63) is 0 Å². The summed E-state index contributed by atoms with van der Waals surface area (Å²) in [5.41, 5.74) is 5.64. The molecule has 1 amide bonds. The molecule has 0 radical (unpaired) electrons. The predicted octanol–water partition coefficient (Wildman–Crippen LogP) is 1.28. The molecule has 2 atom stereocenters. The number of nitrogens with two attached hydrogens (primary N) is 1. The van der Waals surface area contributed by atoms with Gasteiger partial charge in [-0.1, -0.05) is 20.3 Å². The summed E-state index contributed by atoms with van der Waals surface area (Å²) in [6.45, 7) is 6.93. The monoisotopic (exact) mass is 198 g/mol. The van der Waals surface area contributed by atoms with E-state index in [1.165, 1.54) is 0 Å². The van der Waals surface area contributed by atoms with Crippen LogP contribution < -0.4 is 11.1 Å². The summed E-state index contributed by atoms with van der Waals surface area (Å²) in [5, 5.41) is 2.98. The van der Waals surface area contributed by atoms with E-state index in [0.717, 1.165) is 25.8 Å². The number of amides is 1. The highest BCUT2D eigenvalue weighted by atomic mass is 16.2. The Morgan fingerprint density at radius 3 is 2.71 bits per heavy atom. The lowest BCUT2D eigenvalue weighted by molar-refractivity contribution is -0.130. The van der Waals surface area contributed by atoms with E-state index >= 15 is 0 Å². The normalized spacial score (nSPS) is 32.2. The summed E-state index contributed by atoms with van der Waals surface area (Å²) in [5.74, 6) is 0.636. The van der Waals surface area contributed by atoms with Crippen molar-refractivity contribution in [1.82, 2.24) is 5.32 Å². The van der Waals surface area contributed by atoms with Crippen molar-refractivity contribution in [3.8, 4) is 0 Å². The average Bonchev–Trinajstić information content (AvgIpc) is 2.44. The first-order chi connectivity index (χ1) is 6.47. The van der Waals surface area contributed by atoms with Gasteiger partial charge in [0.2, 0.25) is 5.91 Å². The van der Waals surface area contributed by atoms with E-state index in [-0.39, 0.29) is 17.4 Å². The number of rotatable bonds is 3. The second-order valence-electron chi connectivity index (χ2n) is 5.02. The minimum absolute atomic E-state index is 0.0367. The van der Waals surface area contributed by atoms with E-state index < -0.39 is 0 Å². The van der Waals surface area contributed by atoms with E-state index in [4.69, 9.17) is 5.73 Å². The van der Waals surface area contributed by atoms with Crippen LogP contribution in [0.4, 0.5) is 0 Å². The number of hydrogen-bond acceptors (Lipinski definition) is 2. The Morgan fingerprint density at radius 1 is 1.64 bits per heavy atom. The molecule has 0 spiro atoms. The van der Waals surface area contributed by atoms with Gasteiger partial charge in [-0.3, -0.25) is 4.79 Å². The largest absolute Gasteiger partial charge is 0.355 e. The molecule has 1 aliphatic carbocycles. The van der Waals surface area contributed by atoms with Crippen LogP contribution in [0.15, 0.2) is 0 Å². The summed E-state index contributed by atoms with van der Waals surface area (Å²) in [6.07, 6.45) is 2.98. The number of nitrogens with one attached hydrogen (secondary N) is 1. The Bertz CT molecular complexity index is 215. The summed E-state index contributed by atoms with van der Waals surface area (Å²) in [4.78, 5) is 11.9. The molecule has 82 valence electrons. The summed E-state index contributed by atoms with van der Waals surface area (Å²) in [7, 11) is 0. The van der Waals surface area contributed by atoms with Gasteiger partial charge in [-0.15, -0.1) is 0 Å². The molecule has 0 bridgehead atoms. The van der Waals surface area contributed by atoms with Crippen LogP contribution >= 0.6 is 0 Å². The third-order valence-electron chi connectivity index (χ3n) is 3.22. The highest BCUT2D eigenvalue weighted by Crippen LogP contribution is 2.36. The SMILES string of the molecule is CC(C)CNC(=O)C1(C)CCCC1N. The van der Waals surface area contributed by atoms with Crippen LogP contribution in [-0.4, -0.2) is 18.5 Å². The topological polar surface area (TPSA) is 55.1 Å². The molecule has 0 heterocycles. The number of carbonyl (C=O) groups is 1. The fraction of sp³-hybridized carbons (Fsp3) is 0.909. The van der Waals surface area contributed by atoms with Crippen LogP contribution in [0, 0.1) is 11.3 Å². The summed E-state index contributed by atoms with van der Waals surface area (Å²) < 4.78 is 0. The van der Waals surface area contributed by atoms with Gasteiger partial charge in [0, 0.05) is 12.6 Å². The number of hydrogen-bond donors (Lipinski definition) is 2. The van der Waals surface area contributed by atoms with Crippen LogP contribution in [0.2, 0.25) is 0 Å². The van der Waals surface area contributed by atoms with Gasteiger partial charge >= 0.3 is 0 Å². The van der Waals surface area contributed by atoms with E-state index in [1.54, 1.807) is 0 Å². The molecule has 2 unspecified atom stereocenters. The van der Waals surface area contributed by atoms with Crippen molar-refractivity contribution in [2.45, 2.75) is 46.1 Å². The zero-order valence-corrected chi connectivity index (χ0v) is 9.47. The van der Waals surface area contributed by atoms with Crippen LogP contribution in [0.25, 0.3) is 0 Å². The lowest BCUT2D eigenvalue weighted by atomic mass is 9.84. The lowest BCUT2D eigenvalue weighted by Crippen LogP contribution is -2.48. The third-order valence-corrected chi connectivity index (χ3v) is 3.22. The van der Waals surface area contributed by atoms with Gasteiger partial charge < -0.3 is 11.1 Å². The molecule has 3 heteroatoms. The first-order valence-electron chi connectivity index (χ1n) is 5.50. The summed E-state index contributed by atoms with van der Waals surface area (Å²) >= 11 is 0. The highest BCUT2D eigenvalue weighted by molar-refractivity contribution is 5.83. The molecular formula is C11H22N2O. The van der Waals surface area contributed by atoms with E-state index in [0.29, 0.717) is 5.92 Å². The standard InChI is InChI=1S/C11H22N2O/c1-8(2)7-13-10(14)11(3)6-4-5-9(11)12/h8-9H,4-7,12H2,1-3H3,(H,13,14). The fourth-order valence-electron chi connectivity index (χ4n) is 1.97. The van der Waals surface area contributed by atoms with Gasteiger partial charge in [0.15, 0.2) is 0 Å². The Kier molecular flexibility index (Phi) is 3.53. The zero-order valence-electron chi connectivity index (χ0n) is 9.47. The maximum atomic E-state index is 11.9. The van der Waals surface area contributed by atoms with Gasteiger partial charge in [0.1, 0.15) is 0 Å². The van der Waals surface area contributed by atoms with Crippen molar-refractivity contribution >= 4 is 5.91 Å². The van der Waals surface area contributed by atoms with E-state index in [9.17, 15) is 4.79 Å². The minimum Gasteiger partial charge on any atom is -0.355 e. The molecule has 0 saturated heterocycles. The smallest absolute Gasteiger partial charge is 0.227 e. The second kappa shape index (κ2) is 4.30. The molecule has 1 fully saturated rings. The molecular weight excluding hydrogens is 176 g/mol. The van der Waals surface area contributed by atoms with Gasteiger partial charge in [-0.25, -0.2) is 0 Å². The molecule has 1 rings (SSSR count). The highest BCUT2D eigenvalue weighted by Gasteiger charge is 2.42. The third kappa shape index (κ3) is 2.27. The Labute approximate surface area is 86.4 Å². The van der Waals surface area contributed by atoms with Crippen molar-refractivity contribution in [1.29, 1.82) is 0 Å². The van der Waals surface area contributed by atoms with Crippen molar-refractivity contribution in [2.24, 2.45) is 17.1 Å². The van der Waals surface area contributed by atoms with E-state index in [1.807, 2.05) is 6.92 Å². The van der Waals surface area contributed by atoms with Gasteiger partial charge in [0.25, 0.3) is 0 Å². The van der Waals surface area contributed by atoms with Crippen LogP contribution in [-0.2, 0) is 4.79 Å². The van der Waals surface area contributed by atoms with Crippen molar-refractivity contribution in [3.63, 3.8) is 0 Å². The van der Waals surface area contributed by atoms with Crippen molar-refractivity contribution < 1.29 is 4.79 Å².